The van der Waals surface area contributed by atoms with Gasteiger partial charge in [-0.2, -0.15) is 0 Å². The number of aromatic amines is 1. The Labute approximate surface area is 148 Å². The lowest BCUT2D eigenvalue weighted by Crippen LogP contribution is -2.40. The largest absolute Gasteiger partial charge is 0.444 e. The minimum absolute atomic E-state index is 0.338. The minimum Gasteiger partial charge on any atom is -0.444 e. The van der Waals surface area contributed by atoms with Gasteiger partial charge in [0.25, 0.3) is 0 Å². The number of rotatable bonds is 3. The topological polar surface area (TPSA) is 83.1 Å². The van der Waals surface area contributed by atoms with Crippen molar-refractivity contribution in [1.82, 2.24) is 20.3 Å². The van der Waals surface area contributed by atoms with Crippen molar-refractivity contribution in [2.45, 2.75) is 46.1 Å². The number of fused-ring (bicyclic) bond motifs is 1. The van der Waals surface area contributed by atoms with Crippen molar-refractivity contribution in [3.63, 3.8) is 0 Å². The monoisotopic (exact) mass is 345 g/mol. The fourth-order valence-corrected chi connectivity index (χ4v) is 3.17. The Bertz CT molecular complexity index is 741. The molecule has 0 atom stereocenters. The lowest BCUT2D eigenvalue weighted by molar-refractivity contribution is 0.0517. The van der Waals surface area contributed by atoms with Crippen molar-refractivity contribution in [3.8, 4) is 0 Å². The van der Waals surface area contributed by atoms with E-state index in [0.29, 0.717) is 12.5 Å². The van der Waals surface area contributed by atoms with Gasteiger partial charge in [-0.25, -0.2) is 14.8 Å². The van der Waals surface area contributed by atoms with Crippen LogP contribution in [-0.4, -0.2) is 46.3 Å². The summed E-state index contributed by atoms with van der Waals surface area (Å²) in [5, 5.41) is 3.95. The Hall–Kier alpha value is -2.31. The SMILES string of the molecule is Cc1nc(N2CCC(CNC(=O)OC(C)(C)C)CC2)c2cc[nH]c2n1. The molecule has 1 fully saturated rings. The number of carbonyl (C=O) groups is 1. The van der Waals surface area contributed by atoms with Crippen LogP contribution in [0.15, 0.2) is 12.3 Å². The number of H-pyrrole nitrogens is 1. The summed E-state index contributed by atoms with van der Waals surface area (Å²) in [6.07, 6.45) is 3.60. The van der Waals surface area contributed by atoms with E-state index in [9.17, 15) is 4.79 Å². The van der Waals surface area contributed by atoms with Crippen LogP contribution in [0.5, 0.6) is 0 Å². The lowest BCUT2D eigenvalue weighted by Gasteiger charge is -2.33. The normalized spacial score (nSPS) is 16.2. The summed E-state index contributed by atoms with van der Waals surface area (Å²) < 4.78 is 5.29. The van der Waals surface area contributed by atoms with Gasteiger partial charge in [-0.05, 0) is 52.5 Å². The zero-order valence-electron chi connectivity index (χ0n) is 15.4. The number of nitrogens with zero attached hydrogens (tertiary/aromatic N) is 3. The summed E-state index contributed by atoms with van der Waals surface area (Å²) in [6, 6.07) is 2.03. The number of carbonyl (C=O) groups excluding carboxylic acids is 1. The molecule has 0 saturated carbocycles. The number of aromatic nitrogens is 3. The summed E-state index contributed by atoms with van der Waals surface area (Å²) in [5.41, 5.74) is 0.427. The Balaban J connectivity index is 1.55. The second-order valence-corrected chi connectivity index (χ2v) is 7.65. The number of hydrogen-bond acceptors (Lipinski definition) is 5. The fourth-order valence-electron chi connectivity index (χ4n) is 3.17. The van der Waals surface area contributed by atoms with Gasteiger partial charge < -0.3 is 19.9 Å². The predicted octanol–water partition coefficient (Wildman–Crippen LogP) is 3.01. The van der Waals surface area contributed by atoms with Gasteiger partial charge in [-0.3, -0.25) is 0 Å². The molecule has 2 aromatic rings. The molecule has 3 rings (SSSR count). The molecule has 0 spiro atoms. The molecule has 0 radical (unpaired) electrons. The molecular weight excluding hydrogens is 318 g/mol. The second-order valence-electron chi connectivity index (χ2n) is 7.65. The number of amides is 1. The van der Waals surface area contributed by atoms with E-state index in [1.807, 2.05) is 40.0 Å². The molecule has 0 aliphatic carbocycles. The highest BCUT2D eigenvalue weighted by Gasteiger charge is 2.23. The van der Waals surface area contributed by atoms with Crippen molar-refractivity contribution < 1.29 is 9.53 Å². The van der Waals surface area contributed by atoms with Crippen LogP contribution in [0, 0.1) is 12.8 Å². The third-order valence-electron chi connectivity index (χ3n) is 4.36. The third-order valence-corrected chi connectivity index (χ3v) is 4.36. The molecule has 136 valence electrons. The Kier molecular flexibility index (Phi) is 4.83. The number of hydrogen-bond donors (Lipinski definition) is 2. The van der Waals surface area contributed by atoms with Gasteiger partial charge in [0.15, 0.2) is 0 Å². The Morgan fingerprint density at radius 3 is 2.76 bits per heavy atom. The minimum atomic E-state index is -0.458. The number of anilines is 1. The van der Waals surface area contributed by atoms with Gasteiger partial charge in [0.2, 0.25) is 0 Å². The molecule has 1 aliphatic rings. The van der Waals surface area contributed by atoms with E-state index >= 15 is 0 Å². The zero-order chi connectivity index (χ0) is 18.0. The quantitative estimate of drug-likeness (QED) is 0.893. The zero-order valence-corrected chi connectivity index (χ0v) is 15.4. The van der Waals surface area contributed by atoms with Crippen LogP contribution in [0.1, 0.15) is 39.4 Å². The van der Waals surface area contributed by atoms with Crippen molar-refractivity contribution in [3.05, 3.63) is 18.1 Å². The summed E-state index contributed by atoms with van der Waals surface area (Å²) in [6.45, 7) is 10.0. The Morgan fingerprint density at radius 2 is 2.08 bits per heavy atom. The van der Waals surface area contributed by atoms with Crippen LogP contribution in [-0.2, 0) is 4.74 Å². The molecule has 25 heavy (non-hydrogen) atoms. The average Bonchev–Trinajstić information content (AvgIpc) is 2.99. The summed E-state index contributed by atoms with van der Waals surface area (Å²) in [4.78, 5) is 26.3. The summed E-state index contributed by atoms with van der Waals surface area (Å²) in [5.74, 6) is 2.24. The van der Waals surface area contributed by atoms with Crippen LogP contribution in [0.2, 0.25) is 0 Å². The summed E-state index contributed by atoms with van der Waals surface area (Å²) >= 11 is 0. The van der Waals surface area contributed by atoms with Gasteiger partial charge in [0, 0.05) is 25.8 Å². The molecule has 2 N–H and O–H groups in total. The van der Waals surface area contributed by atoms with Crippen molar-refractivity contribution in [1.29, 1.82) is 0 Å². The maximum Gasteiger partial charge on any atom is 0.407 e. The molecule has 1 amide bonds. The van der Waals surface area contributed by atoms with Crippen LogP contribution < -0.4 is 10.2 Å². The molecule has 7 nitrogen and oxygen atoms in total. The van der Waals surface area contributed by atoms with Crippen LogP contribution in [0.4, 0.5) is 10.6 Å². The van der Waals surface area contributed by atoms with Gasteiger partial charge >= 0.3 is 6.09 Å². The molecule has 1 saturated heterocycles. The number of piperidine rings is 1. The molecular formula is C18H27N5O2. The highest BCUT2D eigenvalue weighted by molar-refractivity contribution is 5.87. The molecule has 0 aromatic carbocycles. The lowest BCUT2D eigenvalue weighted by atomic mass is 9.96. The highest BCUT2D eigenvalue weighted by atomic mass is 16.6. The van der Waals surface area contributed by atoms with E-state index < -0.39 is 5.60 Å². The first kappa shape index (κ1) is 17.5. The van der Waals surface area contributed by atoms with E-state index in [4.69, 9.17) is 4.74 Å². The van der Waals surface area contributed by atoms with Gasteiger partial charge in [-0.15, -0.1) is 0 Å². The number of aryl methyl sites for hydroxylation is 1. The first-order valence-corrected chi connectivity index (χ1v) is 8.85. The molecule has 0 bridgehead atoms. The Morgan fingerprint density at radius 1 is 1.36 bits per heavy atom. The highest BCUT2D eigenvalue weighted by Crippen LogP contribution is 2.27. The van der Waals surface area contributed by atoms with Crippen molar-refractivity contribution >= 4 is 22.9 Å². The van der Waals surface area contributed by atoms with E-state index in [1.54, 1.807) is 0 Å². The van der Waals surface area contributed by atoms with Crippen molar-refractivity contribution in [2.75, 3.05) is 24.5 Å². The molecule has 2 aromatic heterocycles. The van der Waals surface area contributed by atoms with Crippen LogP contribution >= 0.6 is 0 Å². The van der Waals surface area contributed by atoms with Gasteiger partial charge in [0.1, 0.15) is 22.9 Å². The van der Waals surface area contributed by atoms with E-state index in [0.717, 1.165) is 48.6 Å². The van der Waals surface area contributed by atoms with Crippen LogP contribution in [0.3, 0.4) is 0 Å². The predicted molar refractivity (Wildman–Crippen MR) is 97.8 cm³/mol. The van der Waals surface area contributed by atoms with E-state index in [-0.39, 0.29) is 6.09 Å². The molecule has 1 aliphatic heterocycles. The number of ether oxygens (including phenoxy) is 1. The smallest absolute Gasteiger partial charge is 0.407 e. The first-order chi connectivity index (χ1) is 11.8. The van der Waals surface area contributed by atoms with Crippen LogP contribution in [0.25, 0.3) is 11.0 Å². The van der Waals surface area contributed by atoms with E-state index in [2.05, 4.69) is 25.2 Å². The number of nitrogens with one attached hydrogen (secondary N) is 2. The molecule has 7 heteroatoms. The van der Waals surface area contributed by atoms with Crippen molar-refractivity contribution in [2.24, 2.45) is 5.92 Å². The summed E-state index contributed by atoms with van der Waals surface area (Å²) in [7, 11) is 0. The van der Waals surface area contributed by atoms with E-state index in [1.165, 1.54) is 0 Å². The fraction of sp³-hybridized carbons (Fsp3) is 0.611. The maximum absolute atomic E-state index is 11.8. The average molecular weight is 345 g/mol. The maximum atomic E-state index is 11.8. The second kappa shape index (κ2) is 6.90. The van der Waals surface area contributed by atoms with Gasteiger partial charge in [0.05, 0.1) is 5.39 Å². The molecule has 0 unspecified atom stereocenters. The third kappa shape index (κ3) is 4.41. The first-order valence-electron chi connectivity index (χ1n) is 8.85. The van der Waals surface area contributed by atoms with Gasteiger partial charge in [-0.1, -0.05) is 0 Å². The number of alkyl carbamates (subject to hydrolysis) is 1. The molecule has 3 heterocycles. The standard InChI is InChI=1S/C18H27N5O2/c1-12-21-15-14(5-8-19-15)16(22-12)23-9-6-13(7-10-23)11-20-17(24)25-18(2,3)4/h5,8,13H,6-7,9-11H2,1-4H3,(H,20,24)(H,19,21,22).